The van der Waals surface area contributed by atoms with Gasteiger partial charge in [0.1, 0.15) is 5.78 Å². The smallest absolute Gasteiger partial charge is 0.136 e. The Morgan fingerprint density at radius 3 is 2.75 bits per heavy atom. The van der Waals surface area contributed by atoms with Crippen molar-refractivity contribution in [2.24, 2.45) is 11.8 Å². The fourth-order valence-electron chi connectivity index (χ4n) is 1.30. The van der Waals surface area contributed by atoms with E-state index < -0.39 is 0 Å². The highest BCUT2D eigenvalue weighted by Crippen LogP contribution is 2.21. The van der Waals surface area contributed by atoms with Crippen LogP contribution in [-0.2, 0) is 4.79 Å². The highest BCUT2D eigenvalue weighted by molar-refractivity contribution is 5.81. The lowest BCUT2D eigenvalue weighted by atomic mass is 9.90. The lowest BCUT2D eigenvalue weighted by Gasteiger charge is -2.15. The summed E-state index contributed by atoms with van der Waals surface area (Å²) in [6, 6.07) is 0. The molecule has 0 amide bonds. The maximum atomic E-state index is 11.0. The third-order valence-corrected chi connectivity index (χ3v) is 2.45. The molecule has 0 spiro atoms. The second-order valence-corrected chi connectivity index (χ2v) is 3.61. The highest BCUT2D eigenvalue weighted by Gasteiger charge is 2.13. The molecule has 2 atom stereocenters. The Labute approximate surface area is 74.2 Å². The molecule has 12 heavy (non-hydrogen) atoms. The van der Waals surface area contributed by atoms with E-state index in [0.29, 0.717) is 5.92 Å². The van der Waals surface area contributed by atoms with E-state index in [1.54, 1.807) is 6.92 Å². The van der Waals surface area contributed by atoms with E-state index in [4.69, 9.17) is 0 Å². The number of ketones is 1. The lowest BCUT2D eigenvalue weighted by Crippen LogP contribution is -2.10. The Hall–Kier alpha value is -0.850. The van der Waals surface area contributed by atoms with Crippen molar-refractivity contribution >= 4 is 5.78 Å². The van der Waals surface area contributed by atoms with E-state index in [0.717, 1.165) is 6.42 Å². The highest BCUT2D eigenvalue weighted by atomic mass is 16.1. The number of hydrogen-bond donors (Lipinski definition) is 0. The minimum Gasteiger partial charge on any atom is -0.299 e. The standard InChI is InChI=1S/C11H16O/c1-8-4-6-11(7-5-8)9(2)10(3)12/h4,6-9H,5H2,1-3H3/t8?,9-/m1/s1. The van der Waals surface area contributed by atoms with Crippen LogP contribution in [0.4, 0.5) is 0 Å². The molecule has 0 aromatic heterocycles. The summed E-state index contributed by atoms with van der Waals surface area (Å²) in [6.07, 6.45) is 7.51. The average molecular weight is 164 g/mol. The molecule has 0 aromatic rings. The van der Waals surface area contributed by atoms with Crippen molar-refractivity contribution in [2.45, 2.75) is 27.2 Å². The molecule has 0 heterocycles. The molecule has 0 aliphatic heterocycles. The number of rotatable bonds is 2. The molecule has 1 aliphatic rings. The van der Waals surface area contributed by atoms with Gasteiger partial charge in [0.05, 0.1) is 0 Å². The first-order chi connectivity index (χ1) is 5.61. The average Bonchev–Trinajstić information content (AvgIpc) is 2.04. The van der Waals surface area contributed by atoms with Crippen LogP contribution in [0.3, 0.4) is 0 Å². The molecule has 0 aromatic carbocycles. The van der Waals surface area contributed by atoms with E-state index >= 15 is 0 Å². The van der Waals surface area contributed by atoms with Gasteiger partial charge in [-0.05, 0) is 24.8 Å². The van der Waals surface area contributed by atoms with E-state index in [9.17, 15) is 4.79 Å². The Morgan fingerprint density at radius 2 is 2.33 bits per heavy atom. The topological polar surface area (TPSA) is 17.1 Å². The van der Waals surface area contributed by atoms with Crippen molar-refractivity contribution in [1.29, 1.82) is 0 Å². The molecular weight excluding hydrogens is 148 g/mol. The fourth-order valence-corrected chi connectivity index (χ4v) is 1.30. The van der Waals surface area contributed by atoms with Gasteiger partial charge >= 0.3 is 0 Å². The van der Waals surface area contributed by atoms with Gasteiger partial charge in [-0.2, -0.15) is 0 Å². The number of Topliss-reactive ketones (excluding diaryl/α,β-unsaturated/α-hetero) is 1. The fraction of sp³-hybridized carbons (Fsp3) is 0.545. The zero-order chi connectivity index (χ0) is 9.14. The van der Waals surface area contributed by atoms with Gasteiger partial charge in [-0.25, -0.2) is 0 Å². The van der Waals surface area contributed by atoms with Crippen LogP contribution in [0.25, 0.3) is 0 Å². The summed E-state index contributed by atoms with van der Waals surface area (Å²) in [5, 5.41) is 0. The SMILES string of the molecule is CC(=O)[C@@H](C)C1=CCC(C)C=C1. The summed E-state index contributed by atoms with van der Waals surface area (Å²) >= 11 is 0. The first-order valence-electron chi connectivity index (χ1n) is 4.50. The first kappa shape index (κ1) is 9.24. The van der Waals surface area contributed by atoms with Crippen molar-refractivity contribution < 1.29 is 4.79 Å². The molecule has 1 aliphatic carbocycles. The maximum Gasteiger partial charge on any atom is 0.136 e. The predicted molar refractivity (Wildman–Crippen MR) is 50.8 cm³/mol. The maximum absolute atomic E-state index is 11.0. The van der Waals surface area contributed by atoms with Gasteiger partial charge in [-0.1, -0.05) is 32.1 Å². The summed E-state index contributed by atoms with van der Waals surface area (Å²) in [6.45, 7) is 5.80. The van der Waals surface area contributed by atoms with E-state index in [1.165, 1.54) is 5.57 Å². The minimum absolute atomic E-state index is 0.0775. The van der Waals surface area contributed by atoms with Crippen LogP contribution in [0.1, 0.15) is 27.2 Å². The van der Waals surface area contributed by atoms with Crippen molar-refractivity contribution in [2.75, 3.05) is 0 Å². The molecule has 0 bridgehead atoms. The number of carbonyl (C=O) groups excluding carboxylic acids is 1. The van der Waals surface area contributed by atoms with Crippen LogP contribution in [0.5, 0.6) is 0 Å². The molecule has 0 N–H and O–H groups in total. The number of allylic oxidation sites excluding steroid dienone is 4. The Morgan fingerprint density at radius 1 is 1.67 bits per heavy atom. The zero-order valence-corrected chi connectivity index (χ0v) is 8.00. The Bertz CT molecular complexity index is 235. The largest absolute Gasteiger partial charge is 0.299 e. The first-order valence-corrected chi connectivity index (χ1v) is 4.50. The molecule has 1 rings (SSSR count). The van der Waals surface area contributed by atoms with Gasteiger partial charge in [-0.3, -0.25) is 4.79 Å². The van der Waals surface area contributed by atoms with Gasteiger partial charge < -0.3 is 0 Å². The van der Waals surface area contributed by atoms with Gasteiger partial charge in [0.15, 0.2) is 0 Å². The molecule has 0 radical (unpaired) electrons. The minimum atomic E-state index is 0.0775. The van der Waals surface area contributed by atoms with Gasteiger partial charge in [0, 0.05) is 5.92 Å². The Balaban J connectivity index is 2.66. The number of carbonyl (C=O) groups is 1. The summed E-state index contributed by atoms with van der Waals surface area (Å²) in [5.41, 5.74) is 1.18. The van der Waals surface area contributed by atoms with Gasteiger partial charge in [0.2, 0.25) is 0 Å². The molecule has 0 saturated heterocycles. The van der Waals surface area contributed by atoms with Gasteiger partial charge in [0.25, 0.3) is 0 Å². The van der Waals surface area contributed by atoms with Crippen molar-refractivity contribution in [3.8, 4) is 0 Å². The normalized spacial score (nSPS) is 24.9. The lowest BCUT2D eigenvalue weighted by molar-refractivity contribution is -0.119. The summed E-state index contributed by atoms with van der Waals surface area (Å²) < 4.78 is 0. The molecule has 1 nitrogen and oxygen atoms in total. The molecule has 0 fully saturated rings. The third-order valence-electron chi connectivity index (χ3n) is 2.45. The summed E-state index contributed by atoms with van der Waals surface area (Å²) in [5.74, 6) is 0.960. The van der Waals surface area contributed by atoms with Gasteiger partial charge in [-0.15, -0.1) is 0 Å². The van der Waals surface area contributed by atoms with Crippen molar-refractivity contribution in [1.82, 2.24) is 0 Å². The molecule has 1 heteroatoms. The van der Waals surface area contributed by atoms with E-state index in [2.05, 4.69) is 25.2 Å². The van der Waals surface area contributed by atoms with Crippen LogP contribution in [0.15, 0.2) is 23.8 Å². The quantitative estimate of drug-likeness (QED) is 0.613. The van der Waals surface area contributed by atoms with E-state index in [-0.39, 0.29) is 11.7 Å². The summed E-state index contributed by atoms with van der Waals surface area (Å²) in [4.78, 5) is 11.0. The monoisotopic (exact) mass is 164 g/mol. The Kier molecular flexibility index (Phi) is 2.85. The molecule has 1 unspecified atom stereocenters. The molecule has 66 valence electrons. The molecular formula is C11H16O. The number of hydrogen-bond acceptors (Lipinski definition) is 1. The van der Waals surface area contributed by atoms with Crippen LogP contribution >= 0.6 is 0 Å². The van der Waals surface area contributed by atoms with Crippen molar-refractivity contribution in [3.63, 3.8) is 0 Å². The van der Waals surface area contributed by atoms with Crippen LogP contribution in [0, 0.1) is 11.8 Å². The van der Waals surface area contributed by atoms with E-state index in [1.807, 2.05) is 6.92 Å². The third kappa shape index (κ3) is 2.07. The molecule has 0 saturated carbocycles. The second kappa shape index (κ2) is 3.70. The van der Waals surface area contributed by atoms with Crippen LogP contribution in [0.2, 0.25) is 0 Å². The predicted octanol–water partition coefficient (Wildman–Crippen LogP) is 2.73. The van der Waals surface area contributed by atoms with Crippen molar-refractivity contribution in [3.05, 3.63) is 23.8 Å². The van der Waals surface area contributed by atoms with Crippen LogP contribution < -0.4 is 0 Å². The summed E-state index contributed by atoms with van der Waals surface area (Å²) in [7, 11) is 0. The van der Waals surface area contributed by atoms with Crippen LogP contribution in [-0.4, -0.2) is 5.78 Å². The second-order valence-electron chi connectivity index (χ2n) is 3.61. The zero-order valence-electron chi connectivity index (χ0n) is 8.00.